The molecule has 5 aliphatic rings. The summed E-state index contributed by atoms with van der Waals surface area (Å²) in [5, 5.41) is 0. The molecule has 4 bridgehead atoms. The number of nitrogens with two attached hydrogens (primary N) is 1. The average molecular weight is 422 g/mol. The lowest BCUT2D eigenvalue weighted by molar-refractivity contribution is -0.161. The van der Waals surface area contributed by atoms with E-state index in [1.54, 1.807) is 16.8 Å². The standard InChI is InChI=1S/C22H35N3O5/c1-21(2,3)30-19(27)24(4)16-5-6-25(12-16)20(28)29-17-14-7-13-8-15(17)11-22(9-13,10-14)18(23)26/h13-17H,5-12H2,1-4H3,(H2,23,26). The fraction of sp³-hybridized carbons (Fsp3) is 0.864. The van der Waals surface area contributed by atoms with E-state index in [0.717, 1.165) is 32.1 Å². The lowest BCUT2D eigenvalue weighted by atomic mass is 9.48. The summed E-state index contributed by atoms with van der Waals surface area (Å²) < 4.78 is 11.4. The molecule has 168 valence electrons. The first-order chi connectivity index (χ1) is 14.0. The molecule has 0 aromatic rings. The van der Waals surface area contributed by atoms with Gasteiger partial charge in [-0.05, 0) is 77.0 Å². The zero-order valence-corrected chi connectivity index (χ0v) is 18.6. The Balaban J connectivity index is 1.33. The molecule has 8 heteroatoms. The largest absolute Gasteiger partial charge is 0.446 e. The van der Waals surface area contributed by atoms with Crippen LogP contribution >= 0.6 is 0 Å². The summed E-state index contributed by atoms with van der Waals surface area (Å²) in [6.07, 6.45) is 4.34. The van der Waals surface area contributed by atoms with Gasteiger partial charge >= 0.3 is 12.2 Å². The molecule has 2 N–H and O–H groups in total. The first-order valence-corrected chi connectivity index (χ1v) is 11.2. The van der Waals surface area contributed by atoms with Gasteiger partial charge in [-0.3, -0.25) is 4.79 Å². The Hall–Kier alpha value is -1.99. The Morgan fingerprint density at radius 1 is 1.10 bits per heavy atom. The number of carbonyl (C=O) groups excluding carboxylic acids is 3. The zero-order chi connectivity index (χ0) is 21.8. The smallest absolute Gasteiger partial charge is 0.410 e. The van der Waals surface area contributed by atoms with E-state index in [2.05, 4.69) is 0 Å². The van der Waals surface area contributed by atoms with E-state index in [-0.39, 0.29) is 47.5 Å². The highest BCUT2D eigenvalue weighted by molar-refractivity contribution is 5.81. The van der Waals surface area contributed by atoms with Crippen molar-refractivity contribution in [3.8, 4) is 0 Å². The zero-order valence-electron chi connectivity index (χ0n) is 18.6. The van der Waals surface area contributed by atoms with Crippen molar-refractivity contribution < 1.29 is 23.9 Å². The van der Waals surface area contributed by atoms with Crippen molar-refractivity contribution in [2.75, 3.05) is 20.1 Å². The molecule has 3 unspecified atom stereocenters. The van der Waals surface area contributed by atoms with Crippen molar-refractivity contribution in [3.05, 3.63) is 0 Å². The van der Waals surface area contributed by atoms with Crippen molar-refractivity contribution >= 4 is 18.1 Å². The number of hydrogen-bond donors (Lipinski definition) is 1. The summed E-state index contributed by atoms with van der Waals surface area (Å²) >= 11 is 0. The van der Waals surface area contributed by atoms with Crippen molar-refractivity contribution in [2.45, 2.75) is 77.0 Å². The van der Waals surface area contributed by atoms with Crippen molar-refractivity contribution in [1.29, 1.82) is 0 Å². The van der Waals surface area contributed by atoms with E-state index in [1.165, 1.54) is 0 Å². The van der Waals surface area contributed by atoms with Gasteiger partial charge in [0, 0.05) is 20.1 Å². The molecule has 30 heavy (non-hydrogen) atoms. The summed E-state index contributed by atoms with van der Waals surface area (Å²) in [6.45, 7) is 6.52. The molecule has 0 radical (unpaired) electrons. The maximum Gasteiger partial charge on any atom is 0.410 e. The van der Waals surface area contributed by atoms with Gasteiger partial charge in [0.15, 0.2) is 0 Å². The van der Waals surface area contributed by atoms with Crippen LogP contribution in [0.4, 0.5) is 9.59 Å². The molecule has 4 aliphatic carbocycles. The second-order valence-electron chi connectivity index (χ2n) is 10.9. The number of rotatable bonds is 3. The molecule has 0 aromatic carbocycles. The van der Waals surface area contributed by atoms with E-state index in [9.17, 15) is 14.4 Å². The number of carbonyl (C=O) groups is 3. The molecule has 8 nitrogen and oxygen atoms in total. The number of likely N-dealkylation sites (tertiary alicyclic amines) is 1. The molecule has 1 heterocycles. The lowest BCUT2D eigenvalue weighted by Crippen LogP contribution is -2.59. The van der Waals surface area contributed by atoms with Gasteiger partial charge in [0.25, 0.3) is 0 Å². The minimum absolute atomic E-state index is 0.0796. The number of hydrogen-bond acceptors (Lipinski definition) is 5. The van der Waals surface area contributed by atoms with E-state index in [1.807, 2.05) is 20.8 Å². The highest BCUT2D eigenvalue weighted by Gasteiger charge is 2.59. The van der Waals surface area contributed by atoms with Crippen LogP contribution in [-0.2, 0) is 14.3 Å². The van der Waals surface area contributed by atoms with Gasteiger partial charge in [-0.25, -0.2) is 9.59 Å². The van der Waals surface area contributed by atoms with Crippen LogP contribution in [0.15, 0.2) is 0 Å². The number of ether oxygens (including phenoxy) is 2. The van der Waals surface area contributed by atoms with E-state index < -0.39 is 5.60 Å². The number of primary amides is 1. The van der Waals surface area contributed by atoms with Gasteiger partial charge in [0.1, 0.15) is 11.7 Å². The lowest BCUT2D eigenvalue weighted by Gasteiger charge is -2.58. The van der Waals surface area contributed by atoms with Crippen molar-refractivity contribution in [3.63, 3.8) is 0 Å². The minimum Gasteiger partial charge on any atom is -0.446 e. The van der Waals surface area contributed by atoms with Gasteiger partial charge in [-0.15, -0.1) is 0 Å². The van der Waals surface area contributed by atoms with Gasteiger partial charge in [-0.2, -0.15) is 0 Å². The summed E-state index contributed by atoms with van der Waals surface area (Å²) in [6, 6.07) is -0.0796. The van der Waals surface area contributed by atoms with Gasteiger partial charge in [0.05, 0.1) is 11.5 Å². The fourth-order valence-electron chi connectivity index (χ4n) is 6.37. The Labute approximate surface area is 178 Å². The van der Waals surface area contributed by atoms with Gasteiger partial charge < -0.3 is 25.0 Å². The molecule has 3 amide bonds. The second-order valence-corrected chi connectivity index (χ2v) is 10.9. The average Bonchev–Trinajstić information content (AvgIpc) is 3.12. The maximum absolute atomic E-state index is 12.9. The predicted octanol–water partition coefficient (Wildman–Crippen LogP) is 2.74. The predicted molar refractivity (Wildman–Crippen MR) is 109 cm³/mol. The summed E-state index contributed by atoms with van der Waals surface area (Å²) in [4.78, 5) is 40.6. The van der Waals surface area contributed by atoms with Crippen LogP contribution in [0.25, 0.3) is 0 Å². The van der Waals surface area contributed by atoms with Crippen molar-refractivity contribution in [1.82, 2.24) is 9.80 Å². The van der Waals surface area contributed by atoms with E-state index >= 15 is 0 Å². The van der Waals surface area contributed by atoms with E-state index in [4.69, 9.17) is 15.2 Å². The van der Waals surface area contributed by atoms with Crippen LogP contribution in [0.5, 0.6) is 0 Å². The summed E-state index contributed by atoms with van der Waals surface area (Å²) in [7, 11) is 1.72. The molecule has 0 aromatic heterocycles. The Kier molecular flexibility index (Phi) is 5.18. The summed E-state index contributed by atoms with van der Waals surface area (Å²) in [5.74, 6) is 0.814. The Bertz CT molecular complexity index is 717. The molecular formula is C22H35N3O5. The minimum atomic E-state index is -0.551. The molecule has 5 rings (SSSR count). The Morgan fingerprint density at radius 3 is 2.30 bits per heavy atom. The number of likely N-dealkylation sites (N-methyl/N-ethyl adjacent to an activating group) is 1. The topological polar surface area (TPSA) is 102 Å². The first kappa shape index (κ1) is 21.2. The Morgan fingerprint density at radius 2 is 1.73 bits per heavy atom. The van der Waals surface area contributed by atoms with Crippen LogP contribution < -0.4 is 5.73 Å². The second kappa shape index (κ2) is 7.31. The van der Waals surface area contributed by atoms with Crippen LogP contribution in [0.2, 0.25) is 0 Å². The molecule has 1 saturated heterocycles. The monoisotopic (exact) mass is 421 g/mol. The SMILES string of the molecule is CN(C(=O)OC(C)(C)C)C1CCN(C(=O)OC2C3CC4CC2CC(C(N)=O)(C4)C3)C1. The van der Waals surface area contributed by atoms with Crippen LogP contribution in [-0.4, -0.2) is 65.8 Å². The quantitative estimate of drug-likeness (QED) is 0.755. The maximum atomic E-state index is 12.9. The molecule has 3 atom stereocenters. The molecule has 0 spiro atoms. The third kappa shape index (κ3) is 3.85. The molecule has 4 saturated carbocycles. The van der Waals surface area contributed by atoms with Gasteiger partial charge in [0.2, 0.25) is 5.91 Å². The highest BCUT2D eigenvalue weighted by atomic mass is 16.6. The van der Waals surface area contributed by atoms with Crippen molar-refractivity contribution in [2.24, 2.45) is 28.9 Å². The molecule has 1 aliphatic heterocycles. The highest BCUT2D eigenvalue weighted by Crippen LogP contribution is 2.60. The van der Waals surface area contributed by atoms with Gasteiger partial charge in [-0.1, -0.05) is 0 Å². The first-order valence-electron chi connectivity index (χ1n) is 11.2. The van der Waals surface area contributed by atoms with Crippen LogP contribution in [0.3, 0.4) is 0 Å². The molecular weight excluding hydrogens is 386 g/mol. The van der Waals surface area contributed by atoms with Crippen LogP contribution in [0.1, 0.15) is 59.3 Å². The number of amides is 3. The normalized spacial score (nSPS) is 37.2. The van der Waals surface area contributed by atoms with Crippen LogP contribution in [0, 0.1) is 23.2 Å². The third-order valence-electron chi connectivity index (χ3n) is 7.60. The van der Waals surface area contributed by atoms with E-state index in [0.29, 0.717) is 25.4 Å². The third-order valence-corrected chi connectivity index (χ3v) is 7.60. The number of nitrogens with zero attached hydrogens (tertiary/aromatic N) is 2. The molecule has 5 fully saturated rings. The fourth-order valence-corrected chi connectivity index (χ4v) is 6.37. The summed E-state index contributed by atoms with van der Waals surface area (Å²) in [5.41, 5.74) is 4.81.